The van der Waals surface area contributed by atoms with E-state index in [1.54, 1.807) is 0 Å². The molecule has 1 aromatic heterocycles. The summed E-state index contributed by atoms with van der Waals surface area (Å²) >= 11 is 2.98. The van der Waals surface area contributed by atoms with Crippen LogP contribution in [0.2, 0.25) is 0 Å². The van der Waals surface area contributed by atoms with Gasteiger partial charge in [0.1, 0.15) is 11.6 Å². The first-order chi connectivity index (χ1) is 8.92. The number of anilines is 1. The molecule has 0 aliphatic carbocycles. The second-order valence-corrected chi connectivity index (χ2v) is 6.13. The molecule has 0 unspecified atom stereocenters. The zero-order valence-corrected chi connectivity index (χ0v) is 12.0. The van der Waals surface area contributed by atoms with Crippen LogP contribution in [0, 0.1) is 5.82 Å². The van der Waals surface area contributed by atoms with Crippen LogP contribution >= 0.6 is 15.9 Å². The highest BCUT2D eigenvalue weighted by Gasteiger charge is 2.19. The third-order valence-electron chi connectivity index (χ3n) is 2.27. The maximum absolute atomic E-state index is 13.3. The van der Waals surface area contributed by atoms with E-state index in [-0.39, 0.29) is 21.8 Å². The maximum Gasteiger partial charge on any atom is 0.295 e. The Hall–Kier alpha value is -1.38. The van der Waals surface area contributed by atoms with Gasteiger partial charge in [-0.05, 0) is 46.3 Å². The molecule has 1 aromatic carbocycles. The van der Waals surface area contributed by atoms with Crippen LogP contribution in [0.4, 0.5) is 10.1 Å². The summed E-state index contributed by atoms with van der Waals surface area (Å²) in [5.41, 5.74) is 5.43. The van der Waals surface area contributed by atoms with Gasteiger partial charge in [-0.1, -0.05) is 0 Å². The van der Waals surface area contributed by atoms with Crippen LogP contribution in [0.5, 0.6) is 0 Å². The fraction of sp³-hybridized carbons (Fsp3) is 0.0909. The smallest absolute Gasteiger partial charge is 0.295 e. The SMILES string of the molecule is NCc1ccc(S(=O)(=O)Nc2ccc(Br)c(F)c2)o1. The highest BCUT2D eigenvalue weighted by atomic mass is 79.9. The standard InChI is InChI=1S/C11H10BrFN2O3S/c12-9-3-1-7(5-10(9)13)15-19(16,17)11-4-2-8(6-14)18-11/h1-5,15H,6,14H2. The molecule has 0 fully saturated rings. The predicted molar refractivity (Wildman–Crippen MR) is 71.5 cm³/mol. The summed E-state index contributed by atoms with van der Waals surface area (Å²) in [6, 6.07) is 6.66. The van der Waals surface area contributed by atoms with Crippen molar-refractivity contribution in [1.29, 1.82) is 0 Å². The van der Waals surface area contributed by atoms with E-state index in [1.807, 2.05) is 0 Å². The van der Waals surface area contributed by atoms with Crippen LogP contribution in [-0.2, 0) is 16.6 Å². The van der Waals surface area contributed by atoms with Crippen LogP contribution in [0.25, 0.3) is 0 Å². The highest BCUT2D eigenvalue weighted by Crippen LogP contribution is 2.22. The average Bonchev–Trinajstić information content (AvgIpc) is 2.83. The molecule has 0 saturated carbocycles. The monoisotopic (exact) mass is 348 g/mol. The number of sulfonamides is 1. The molecule has 19 heavy (non-hydrogen) atoms. The Bertz CT molecular complexity index is 700. The van der Waals surface area contributed by atoms with Crippen LogP contribution in [0.15, 0.2) is 44.3 Å². The quantitative estimate of drug-likeness (QED) is 0.888. The third kappa shape index (κ3) is 3.14. The van der Waals surface area contributed by atoms with Gasteiger partial charge in [0.15, 0.2) is 0 Å². The second kappa shape index (κ2) is 5.32. The molecule has 0 spiro atoms. The number of nitrogens with one attached hydrogen (secondary N) is 1. The van der Waals surface area contributed by atoms with Crippen molar-refractivity contribution in [2.75, 3.05) is 4.72 Å². The van der Waals surface area contributed by atoms with Gasteiger partial charge in [0, 0.05) is 0 Å². The van der Waals surface area contributed by atoms with Gasteiger partial charge < -0.3 is 10.2 Å². The largest absolute Gasteiger partial charge is 0.446 e. The van der Waals surface area contributed by atoms with Crippen molar-refractivity contribution in [3.8, 4) is 0 Å². The molecule has 1 heterocycles. The Morgan fingerprint density at radius 1 is 1.32 bits per heavy atom. The van der Waals surface area contributed by atoms with E-state index < -0.39 is 15.8 Å². The Morgan fingerprint density at radius 3 is 2.63 bits per heavy atom. The van der Waals surface area contributed by atoms with Gasteiger partial charge in [0.2, 0.25) is 5.09 Å². The number of halogens is 2. The Labute approximate surface area is 117 Å². The van der Waals surface area contributed by atoms with Crippen molar-refractivity contribution < 1.29 is 17.2 Å². The number of hydrogen-bond donors (Lipinski definition) is 2. The summed E-state index contributed by atoms with van der Waals surface area (Å²) in [6.07, 6.45) is 0. The molecule has 102 valence electrons. The molecule has 0 bridgehead atoms. The first-order valence-corrected chi connectivity index (χ1v) is 7.46. The van der Waals surface area contributed by atoms with Gasteiger partial charge >= 0.3 is 0 Å². The summed E-state index contributed by atoms with van der Waals surface area (Å²) in [5, 5.41) is -0.267. The fourth-order valence-electron chi connectivity index (χ4n) is 1.38. The topological polar surface area (TPSA) is 85.3 Å². The molecule has 0 saturated heterocycles. The van der Waals surface area contributed by atoms with Gasteiger partial charge in [-0.15, -0.1) is 0 Å². The number of rotatable bonds is 4. The Morgan fingerprint density at radius 2 is 2.05 bits per heavy atom. The first kappa shape index (κ1) is 14.0. The molecular weight excluding hydrogens is 339 g/mol. The number of benzene rings is 1. The molecule has 0 amide bonds. The Balaban J connectivity index is 2.28. The average molecular weight is 349 g/mol. The van der Waals surface area contributed by atoms with Crippen molar-refractivity contribution in [3.63, 3.8) is 0 Å². The molecule has 5 nitrogen and oxygen atoms in total. The lowest BCUT2D eigenvalue weighted by molar-refractivity contribution is 0.417. The third-order valence-corrected chi connectivity index (χ3v) is 4.17. The van der Waals surface area contributed by atoms with Crippen molar-refractivity contribution in [2.24, 2.45) is 5.73 Å². The highest BCUT2D eigenvalue weighted by molar-refractivity contribution is 9.10. The zero-order valence-electron chi connectivity index (χ0n) is 9.56. The molecule has 0 atom stereocenters. The van der Waals surface area contributed by atoms with E-state index in [2.05, 4.69) is 20.7 Å². The maximum atomic E-state index is 13.3. The summed E-state index contributed by atoms with van der Waals surface area (Å²) in [7, 11) is -3.89. The summed E-state index contributed by atoms with van der Waals surface area (Å²) in [6.45, 7) is 0.0996. The zero-order chi connectivity index (χ0) is 14.0. The lowest BCUT2D eigenvalue weighted by Gasteiger charge is -2.06. The van der Waals surface area contributed by atoms with Gasteiger partial charge in [-0.25, -0.2) is 4.39 Å². The fourth-order valence-corrected chi connectivity index (χ4v) is 2.63. The van der Waals surface area contributed by atoms with Crippen LogP contribution in [0.1, 0.15) is 5.76 Å². The van der Waals surface area contributed by atoms with Crippen molar-refractivity contribution in [2.45, 2.75) is 11.6 Å². The van der Waals surface area contributed by atoms with Gasteiger partial charge in [-0.3, -0.25) is 4.72 Å². The van der Waals surface area contributed by atoms with Gasteiger partial charge in [0.05, 0.1) is 16.7 Å². The molecule has 0 aliphatic rings. The van der Waals surface area contributed by atoms with E-state index in [1.165, 1.54) is 24.3 Å². The normalized spacial score (nSPS) is 11.5. The molecule has 8 heteroatoms. The molecule has 0 aliphatic heterocycles. The van der Waals surface area contributed by atoms with E-state index in [4.69, 9.17) is 10.2 Å². The van der Waals surface area contributed by atoms with E-state index in [9.17, 15) is 12.8 Å². The molecule has 0 radical (unpaired) electrons. The Kier molecular flexibility index (Phi) is 3.93. The number of nitrogens with two attached hydrogens (primary N) is 1. The first-order valence-electron chi connectivity index (χ1n) is 5.19. The summed E-state index contributed by atoms with van der Waals surface area (Å²) in [5.74, 6) is -0.218. The second-order valence-electron chi connectivity index (χ2n) is 3.66. The van der Waals surface area contributed by atoms with Crippen LogP contribution in [0.3, 0.4) is 0 Å². The number of hydrogen-bond acceptors (Lipinski definition) is 4. The van der Waals surface area contributed by atoms with Gasteiger partial charge in [-0.2, -0.15) is 8.42 Å². The number of furan rings is 1. The molecular formula is C11H10BrFN2O3S. The minimum absolute atomic E-state index is 0.0996. The van der Waals surface area contributed by atoms with Crippen LogP contribution in [-0.4, -0.2) is 8.42 Å². The minimum Gasteiger partial charge on any atom is -0.446 e. The summed E-state index contributed by atoms with van der Waals surface area (Å²) < 4.78 is 44.7. The minimum atomic E-state index is -3.89. The lowest BCUT2D eigenvalue weighted by Crippen LogP contribution is -2.12. The van der Waals surface area contributed by atoms with E-state index in [0.29, 0.717) is 5.76 Å². The molecule has 2 aromatic rings. The predicted octanol–water partition coefficient (Wildman–Crippen LogP) is 2.44. The van der Waals surface area contributed by atoms with Crippen molar-refractivity contribution in [3.05, 3.63) is 46.4 Å². The van der Waals surface area contributed by atoms with E-state index >= 15 is 0 Å². The molecule has 2 rings (SSSR count). The van der Waals surface area contributed by atoms with Crippen molar-refractivity contribution >= 4 is 31.6 Å². The van der Waals surface area contributed by atoms with Crippen LogP contribution < -0.4 is 10.5 Å². The van der Waals surface area contributed by atoms with E-state index in [0.717, 1.165) is 6.07 Å². The molecule has 3 N–H and O–H groups in total. The van der Waals surface area contributed by atoms with Gasteiger partial charge in [0.25, 0.3) is 10.0 Å². The summed E-state index contributed by atoms with van der Waals surface area (Å²) in [4.78, 5) is 0. The lowest BCUT2D eigenvalue weighted by atomic mass is 10.3. The van der Waals surface area contributed by atoms with Crippen molar-refractivity contribution in [1.82, 2.24) is 0 Å².